The molecule has 1 aromatic carbocycles. The summed E-state index contributed by atoms with van der Waals surface area (Å²) in [5, 5.41) is 4.10. The number of rotatable bonds is 3. The van der Waals surface area contributed by atoms with E-state index in [1.807, 2.05) is 30.3 Å². The highest BCUT2D eigenvalue weighted by atomic mass is 16.5. The van der Waals surface area contributed by atoms with Crippen LogP contribution in [0.2, 0.25) is 0 Å². The molecule has 1 atom stereocenters. The molecule has 0 radical (unpaired) electrons. The van der Waals surface area contributed by atoms with Gasteiger partial charge in [0.05, 0.1) is 12.2 Å². The Bertz CT molecular complexity index is 570. The number of morpholine rings is 1. The molecule has 5 nitrogen and oxygen atoms in total. The Morgan fingerprint density at radius 3 is 2.85 bits per heavy atom. The third-order valence-corrected chi connectivity index (χ3v) is 3.80. The highest BCUT2D eigenvalue weighted by Gasteiger charge is 2.32. The molecule has 1 unspecified atom stereocenters. The van der Waals surface area contributed by atoms with E-state index in [0.717, 1.165) is 25.1 Å². The molecule has 1 aliphatic heterocycles. The van der Waals surface area contributed by atoms with E-state index in [-0.39, 0.29) is 5.60 Å². The number of nitrogens with zero attached hydrogens (tertiary/aromatic N) is 3. The standard InChI is InChI=1S/C15H19N3O2/c1-3-15(2)11-18(9-10-19-15)14-16-13(20-17-14)12-7-5-4-6-8-12/h4-8H,3,9-11H2,1-2H3. The molecule has 106 valence electrons. The van der Waals surface area contributed by atoms with Crippen molar-refractivity contribution < 1.29 is 9.26 Å². The van der Waals surface area contributed by atoms with Crippen LogP contribution in [0.15, 0.2) is 34.9 Å². The zero-order chi connectivity index (χ0) is 14.0. The van der Waals surface area contributed by atoms with Crippen molar-refractivity contribution in [3.63, 3.8) is 0 Å². The van der Waals surface area contributed by atoms with Crippen molar-refractivity contribution in [3.8, 4) is 11.5 Å². The Labute approximate surface area is 118 Å². The van der Waals surface area contributed by atoms with Crippen molar-refractivity contribution in [2.75, 3.05) is 24.6 Å². The van der Waals surface area contributed by atoms with Crippen LogP contribution in [0.25, 0.3) is 11.5 Å². The SMILES string of the molecule is CCC1(C)CN(c2noc(-c3ccccc3)n2)CCO1. The van der Waals surface area contributed by atoms with Gasteiger partial charge in [-0.1, -0.05) is 25.1 Å². The lowest BCUT2D eigenvalue weighted by Gasteiger charge is -2.39. The fraction of sp³-hybridized carbons (Fsp3) is 0.467. The molecule has 2 heterocycles. The number of benzene rings is 1. The average molecular weight is 273 g/mol. The molecular formula is C15H19N3O2. The van der Waals surface area contributed by atoms with Gasteiger partial charge in [0.1, 0.15) is 0 Å². The number of hydrogen-bond donors (Lipinski definition) is 0. The summed E-state index contributed by atoms with van der Waals surface area (Å²) in [7, 11) is 0. The molecule has 3 rings (SSSR count). The number of aromatic nitrogens is 2. The van der Waals surface area contributed by atoms with Crippen molar-refractivity contribution in [2.45, 2.75) is 25.9 Å². The van der Waals surface area contributed by atoms with E-state index in [9.17, 15) is 0 Å². The minimum atomic E-state index is -0.133. The largest absolute Gasteiger partial charge is 0.372 e. The molecule has 1 saturated heterocycles. The van der Waals surface area contributed by atoms with Gasteiger partial charge in [0, 0.05) is 18.7 Å². The predicted octanol–water partition coefficient (Wildman–Crippen LogP) is 2.74. The van der Waals surface area contributed by atoms with Crippen molar-refractivity contribution in [2.24, 2.45) is 0 Å². The number of hydrogen-bond acceptors (Lipinski definition) is 5. The van der Waals surface area contributed by atoms with Gasteiger partial charge >= 0.3 is 0 Å². The Morgan fingerprint density at radius 2 is 2.10 bits per heavy atom. The fourth-order valence-corrected chi connectivity index (χ4v) is 2.36. The summed E-state index contributed by atoms with van der Waals surface area (Å²) in [6.45, 7) is 6.53. The van der Waals surface area contributed by atoms with Crippen LogP contribution in [0.4, 0.5) is 5.95 Å². The van der Waals surface area contributed by atoms with Crippen LogP contribution in [0.1, 0.15) is 20.3 Å². The van der Waals surface area contributed by atoms with Crippen molar-refractivity contribution in [3.05, 3.63) is 30.3 Å². The van der Waals surface area contributed by atoms with Gasteiger partial charge in [0.25, 0.3) is 11.8 Å². The van der Waals surface area contributed by atoms with E-state index in [0.29, 0.717) is 18.4 Å². The number of anilines is 1. The van der Waals surface area contributed by atoms with E-state index in [1.54, 1.807) is 0 Å². The smallest absolute Gasteiger partial charge is 0.266 e. The first-order chi connectivity index (χ1) is 9.70. The quantitative estimate of drug-likeness (QED) is 0.860. The third-order valence-electron chi connectivity index (χ3n) is 3.80. The van der Waals surface area contributed by atoms with E-state index < -0.39 is 0 Å². The first kappa shape index (κ1) is 13.1. The summed E-state index contributed by atoms with van der Waals surface area (Å²) >= 11 is 0. The Balaban J connectivity index is 1.80. The van der Waals surface area contributed by atoms with E-state index in [4.69, 9.17) is 9.26 Å². The fourth-order valence-electron chi connectivity index (χ4n) is 2.36. The molecule has 1 fully saturated rings. The zero-order valence-electron chi connectivity index (χ0n) is 11.9. The molecule has 20 heavy (non-hydrogen) atoms. The third kappa shape index (κ3) is 2.54. The minimum absolute atomic E-state index is 0.133. The molecular weight excluding hydrogens is 254 g/mol. The second kappa shape index (κ2) is 5.25. The van der Waals surface area contributed by atoms with E-state index in [2.05, 4.69) is 28.9 Å². The van der Waals surface area contributed by atoms with E-state index in [1.165, 1.54) is 0 Å². The predicted molar refractivity (Wildman–Crippen MR) is 76.6 cm³/mol. The summed E-state index contributed by atoms with van der Waals surface area (Å²) in [4.78, 5) is 6.62. The first-order valence-electron chi connectivity index (χ1n) is 6.98. The van der Waals surface area contributed by atoms with Crippen LogP contribution in [-0.4, -0.2) is 35.4 Å². The monoisotopic (exact) mass is 273 g/mol. The maximum atomic E-state index is 5.83. The molecule has 0 spiro atoms. The molecule has 5 heteroatoms. The Kier molecular flexibility index (Phi) is 3.44. The second-order valence-corrected chi connectivity index (χ2v) is 5.34. The maximum Gasteiger partial charge on any atom is 0.266 e. The van der Waals surface area contributed by atoms with Crippen molar-refractivity contribution in [1.29, 1.82) is 0 Å². The Morgan fingerprint density at radius 1 is 1.30 bits per heavy atom. The van der Waals surface area contributed by atoms with Crippen LogP contribution in [0.3, 0.4) is 0 Å². The van der Waals surface area contributed by atoms with Crippen LogP contribution >= 0.6 is 0 Å². The van der Waals surface area contributed by atoms with Gasteiger partial charge in [0.15, 0.2) is 0 Å². The van der Waals surface area contributed by atoms with Gasteiger partial charge in [-0.3, -0.25) is 0 Å². The van der Waals surface area contributed by atoms with Gasteiger partial charge in [-0.05, 0) is 30.6 Å². The van der Waals surface area contributed by atoms with E-state index >= 15 is 0 Å². The summed E-state index contributed by atoms with van der Waals surface area (Å²) in [6, 6.07) is 9.82. The second-order valence-electron chi connectivity index (χ2n) is 5.34. The minimum Gasteiger partial charge on any atom is -0.372 e. The lowest BCUT2D eigenvalue weighted by atomic mass is 10.0. The Hall–Kier alpha value is -1.88. The molecule has 0 N–H and O–H groups in total. The number of ether oxygens (including phenoxy) is 1. The average Bonchev–Trinajstić information content (AvgIpc) is 2.98. The highest BCUT2D eigenvalue weighted by Crippen LogP contribution is 2.25. The summed E-state index contributed by atoms with van der Waals surface area (Å²) in [6.07, 6.45) is 0.965. The van der Waals surface area contributed by atoms with Crippen LogP contribution < -0.4 is 4.90 Å². The maximum absolute atomic E-state index is 5.83. The molecule has 0 bridgehead atoms. The van der Waals surface area contributed by atoms with Gasteiger partial charge in [-0.15, -0.1) is 0 Å². The highest BCUT2D eigenvalue weighted by molar-refractivity contribution is 5.54. The van der Waals surface area contributed by atoms with Gasteiger partial charge < -0.3 is 14.2 Å². The van der Waals surface area contributed by atoms with Crippen LogP contribution in [0.5, 0.6) is 0 Å². The summed E-state index contributed by atoms with van der Waals surface area (Å²) in [5.74, 6) is 1.21. The van der Waals surface area contributed by atoms with Gasteiger partial charge in [-0.2, -0.15) is 4.98 Å². The molecule has 1 aromatic heterocycles. The van der Waals surface area contributed by atoms with Gasteiger partial charge in [0.2, 0.25) is 0 Å². The molecule has 0 saturated carbocycles. The topological polar surface area (TPSA) is 51.4 Å². The van der Waals surface area contributed by atoms with Gasteiger partial charge in [-0.25, -0.2) is 0 Å². The molecule has 0 aliphatic carbocycles. The van der Waals surface area contributed by atoms with Crippen molar-refractivity contribution >= 4 is 5.95 Å². The zero-order valence-corrected chi connectivity index (χ0v) is 11.9. The lowest BCUT2D eigenvalue weighted by Crippen LogP contribution is -2.50. The summed E-state index contributed by atoms with van der Waals surface area (Å²) < 4.78 is 11.2. The summed E-state index contributed by atoms with van der Waals surface area (Å²) in [5.41, 5.74) is 0.809. The lowest BCUT2D eigenvalue weighted by molar-refractivity contribution is -0.0446. The van der Waals surface area contributed by atoms with Crippen LogP contribution in [0, 0.1) is 0 Å². The van der Waals surface area contributed by atoms with Crippen LogP contribution in [-0.2, 0) is 4.74 Å². The normalized spacial score (nSPS) is 23.0. The molecule has 1 aliphatic rings. The molecule has 0 amide bonds. The first-order valence-corrected chi connectivity index (χ1v) is 6.98. The molecule has 2 aromatic rings. The van der Waals surface area contributed by atoms with Crippen molar-refractivity contribution in [1.82, 2.24) is 10.1 Å².